The first-order chi connectivity index (χ1) is 17.5. The van der Waals surface area contributed by atoms with Gasteiger partial charge in [-0.25, -0.2) is 14.3 Å². The summed E-state index contributed by atoms with van der Waals surface area (Å²) in [5.74, 6) is 0.465. The van der Waals surface area contributed by atoms with Gasteiger partial charge in [0.1, 0.15) is 12.2 Å². The number of esters is 1. The fourth-order valence-electron chi connectivity index (χ4n) is 3.61. The van der Waals surface area contributed by atoms with Crippen LogP contribution in [0, 0.1) is 5.41 Å². The molecule has 2 heterocycles. The molecule has 8 heteroatoms. The van der Waals surface area contributed by atoms with E-state index in [0.29, 0.717) is 12.4 Å². The van der Waals surface area contributed by atoms with Gasteiger partial charge in [-0.1, -0.05) is 42.5 Å². The van der Waals surface area contributed by atoms with E-state index in [1.807, 2.05) is 96.1 Å². The second-order valence-corrected chi connectivity index (χ2v) is 10.9. The van der Waals surface area contributed by atoms with E-state index in [0.717, 1.165) is 49.4 Å². The molecule has 1 aliphatic rings. The summed E-state index contributed by atoms with van der Waals surface area (Å²) in [4.78, 5) is 30.9. The summed E-state index contributed by atoms with van der Waals surface area (Å²) >= 11 is 0. The number of rotatable bonds is 4. The number of morpholine rings is 1. The zero-order chi connectivity index (χ0) is 27.1. The van der Waals surface area contributed by atoms with Gasteiger partial charge in [0, 0.05) is 25.2 Å². The lowest BCUT2D eigenvalue weighted by molar-refractivity contribution is -0.153. The lowest BCUT2D eigenvalue weighted by atomic mass is 9.97. The van der Waals surface area contributed by atoms with Crippen LogP contribution in [0.15, 0.2) is 54.6 Å². The average Bonchev–Trinajstić information content (AvgIpc) is 3.24. The highest BCUT2D eigenvalue weighted by molar-refractivity contribution is 5.92. The van der Waals surface area contributed by atoms with Gasteiger partial charge in [-0.15, -0.1) is 0 Å². The number of para-hydroxylation sites is 2. The van der Waals surface area contributed by atoms with Crippen LogP contribution >= 0.6 is 0 Å². The number of benzene rings is 2. The molecule has 1 fully saturated rings. The minimum absolute atomic E-state index is 0.129. The van der Waals surface area contributed by atoms with Gasteiger partial charge in [-0.2, -0.15) is 0 Å². The van der Waals surface area contributed by atoms with Crippen molar-refractivity contribution in [2.24, 2.45) is 5.41 Å². The van der Waals surface area contributed by atoms with Crippen LogP contribution in [0.3, 0.4) is 0 Å². The lowest BCUT2D eigenvalue weighted by Crippen LogP contribution is -2.39. The van der Waals surface area contributed by atoms with Gasteiger partial charge < -0.3 is 14.2 Å². The maximum atomic E-state index is 12.6. The highest BCUT2D eigenvalue weighted by Crippen LogP contribution is 2.26. The Bertz CT molecular complexity index is 1170. The van der Waals surface area contributed by atoms with E-state index in [9.17, 15) is 9.59 Å². The molecular weight excluding hydrogens is 470 g/mol. The van der Waals surface area contributed by atoms with E-state index in [-0.39, 0.29) is 5.97 Å². The second-order valence-electron chi connectivity index (χ2n) is 10.9. The molecule has 1 aliphatic heterocycles. The van der Waals surface area contributed by atoms with E-state index in [4.69, 9.17) is 14.2 Å². The van der Waals surface area contributed by atoms with E-state index in [1.165, 1.54) is 4.57 Å². The van der Waals surface area contributed by atoms with Crippen molar-refractivity contribution in [2.75, 3.05) is 39.5 Å². The second kappa shape index (κ2) is 12.3. The fraction of sp³-hybridized carbons (Fsp3) is 0.483. The first-order valence-corrected chi connectivity index (χ1v) is 12.7. The number of carbonyl (C=O) groups is 2. The summed E-state index contributed by atoms with van der Waals surface area (Å²) in [6.07, 6.45) is -0.417. The summed E-state index contributed by atoms with van der Waals surface area (Å²) in [6.45, 7) is 15.9. The first-order valence-electron chi connectivity index (χ1n) is 12.7. The zero-order valence-corrected chi connectivity index (χ0v) is 22.8. The van der Waals surface area contributed by atoms with Gasteiger partial charge in [-0.05, 0) is 53.7 Å². The van der Waals surface area contributed by atoms with Gasteiger partial charge in [0.15, 0.2) is 5.82 Å². The van der Waals surface area contributed by atoms with E-state index >= 15 is 0 Å². The largest absolute Gasteiger partial charge is 0.464 e. The molecule has 2 aromatic carbocycles. The highest BCUT2D eigenvalue weighted by atomic mass is 16.6. The summed E-state index contributed by atoms with van der Waals surface area (Å²) in [5.41, 5.74) is 1.44. The van der Waals surface area contributed by atoms with Crippen molar-refractivity contribution in [1.82, 2.24) is 14.5 Å². The Balaban J connectivity index is 0.000000222. The quantitative estimate of drug-likeness (QED) is 0.436. The smallest absolute Gasteiger partial charge is 0.420 e. The molecule has 0 bridgehead atoms. The maximum absolute atomic E-state index is 12.6. The number of imidazole rings is 1. The Morgan fingerprint density at radius 2 is 1.54 bits per heavy atom. The van der Waals surface area contributed by atoms with Crippen molar-refractivity contribution in [3.63, 3.8) is 0 Å². The molecule has 1 aromatic heterocycles. The highest BCUT2D eigenvalue weighted by Gasteiger charge is 2.24. The number of aromatic nitrogens is 2. The molecule has 4 rings (SSSR count). The Morgan fingerprint density at radius 3 is 2.16 bits per heavy atom. The van der Waals surface area contributed by atoms with Crippen molar-refractivity contribution in [3.05, 3.63) is 54.6 Å². The van der Waals surface area contributed by atoms with Crippen LogP contribution < -0.4 is 0 Å². The molecule has 0 aliphatic carbocycles. The summed E-state index contributed by atoms with van der Waals surface area (Å²) in [5, 5.41) is 0. The van der Waals surface area contributed by atoms with Gasteiger partial charge in [0.2, 0.25) is 0 Å². The van der Waals surface area contributed by atoms with Crippen molar-refractivity contribution in [2.45, 2.75) is 47.1 Å². The SMILES string of the molecule is CC(C)(C)C(=O)OCCN1CCOCC1.CC(C)(C)OC(=O)n1c(-c2ccccc2)nc2ccccc21. The summed E-state index contributed by atoms with van der Waals surface area (Å²) in [6, 6.07) is 17.2. The van der Waals surface area contributed by atoms with Gasteiger partial charge >= 0.3 is 12.1 Å². The third-order valence-corrected chi connectivity index (χ3v) is 5.53. The van der Waals surface area contributed by atoms with Crippen LogP contribution in [-0.2, 0) is 19.0 Å². The molecule has 37 heavy (non-hydrogen) atoms. The van der Waals surface area contributed by atoms with E-state index in [1.54, 1.807) is 0 Å². The molecule has 0 unspecified atom stereocenters. The van der Waals surface area contributed by atoms with Crippen LogP contribution in [-0.4, -0.2) is 71.6 Å². The van der Waals surface area contributed by atoms with E-state index in [2.05, 4.69) is 9.88 Å². The Kier molecular flexibility index (Phi) is 9.45. The monoisotopic (exact) mass is 509 g/mol. The van der Waals surface area contributed by atoms with Crippen LogP contribution in [0.4, 0.5) is 4.79 Å². The van der Waals surface area contributed by atoms with Gasteiger partial charge in [-0.3, -0.25) is 9.69 Å². The molecule has 1 saturated heterocycles. The van der Waals surface area contributed by atoms with Crippen molar-refractivity contribution in [3.8, 4) is 11.4 Å². The molecule has 0 atom stereocenters. The predicted molar refractivity (Wildman–Crippen MR) is 144 cm³/mol. The summed E-state index contributed by atoms with van der Waals surface area (Å²) < 4.78 is 17.5. The third-order valence-electron chi connectivity index (χ3n) is 5.53. The zero-order valence-electron chi connectivity index (χ0n) is 22.8. The normalized spacial score (nSPS) is 14.5. The summed E-state index contributed by atoms with van der Waals surface area (Å²) in [7, 11) is 0. The Morgan fingerprint density at radius 1 is 0.919 bits per heavy atom. The molecular formula is C29H39N3O5. The predicted octanol–water partition coefficient (Wildman–Crippen LogP) is 5.39. The number of ether oxygens (including phenoxy) is 3. The lowest BCUT2D eigenvalue weighted by Gasteiger charge is -2.26. The van der Waals surface area contributed by atoms with Crippen molar-refractivity contribution in [1.29, 1.82) is 0 Å². The number of nitrogens with zero attached hydrogens (tertiary/aromatic N) is 3. The number of fused-ring (bicyclic) bond motifs is 1. The minimum Gasteiger partial charge on any atom is -0.464 e. The van der Waals surface area contributed by atoms with Gasteiger partial charge in [0.25, 0.3) is 0 Å². The van der Waals surface area contributed by atoms with Crippen LogP contribution in [0.5, 0.6) is 0 Å². The molecule has 0 spiro atoms. The molecule has 8 nitrogen and oxygen atoms in total. The Hall–Kier alpha value is -3.23. The van der Waals surface area contributed by atoms with E-state index < -0.39 is 17.1 Å². The molecule has 3 aromatic rings. The maximum Gasteiger partial charge on any atom is 0.420 e. The number of carbonyl (C=O) groups excluding carboxylic acids is 2. The number of hydrogen-bond acceptors (Lipinski definition) is 7. The van der Waals surface area contributed by atoms with Crippen LogP contribution in [0.1, 0.15) is 41.5 Å². The average molecular weight is 510 g/mol. The van der Waals surface area contributed by atoms with Crippen LogP contribution in [0.25, 0.3) is 22.4 Å². The first kappa shape index (κ1) is 28.3. The molecule has 0 radical (unpaired) electrons. The topological polar surface area (TPSA) is 82.9 Å². The third kappa shape index (κ3) is 8.40. The van der Waals surface area contributed by atoms with Gasteiger partial charge in [0.05, 0.1) is 29.7 Å². The standard InChI is InChI=1S/C18H18N2O2.C11H21NO3/c1-18(2,3)22-17(21)20-15-12-8-7-11-14(15)19-16(20)13-9-5-4-6-10-13;1-11(2,3)10(13)15-9-6-12-4-7-14-8-5-12/h4-12H,1-3H3;4-9H2,1-3H3. The fourth-order valence-corrected chi connectivity index (χ4v) is 3.61. The molecule has 0 amide bonds. The van der Waals surface area contributed by atoms with Crippen molar-refractivity contribution >= 4 is 23.1 Å². The minimum atomic E-state index is -0.559. The Labute approximate surface area is 219 Å². The molecule has 0 saturated carbocycles. The molecule has 200 valence electrons. The van der Waals surface area contributed by atoms with Crippen molar-refractivity contribution < 1.29 is 23.8 Å². The molecule has 0 N–H and O–H groups in total. The van der Waals surface area contributed by atoms with Crippen LogP contribution in [0.2, 0.25) is 0 Å². The number of hydrogen-bond donors (Lipinski definition) is 0.